The lowest BCUT2D eigenvalue weighted by atomic mass is 9.98. The maximum absolute atomic E-state index is 13.7. The van der Waals surface area contributed by atoms with Crippen LogP contribution in [0.15, 0.2) is 36.4 Å². The second kappa shape index (κ2) is 7.99. The summed E-state index contributed by atoms with van der Waals surface area (Å²) in [5.74, 6) is 0.704. The van der Waals surface area contributed by atoms with Gasteiger partial charge in [0.2, 0.25) is 0 Å². The molecule has 1 aromatic carbocycles. The van der Waals surface area contributed by atoms with Crippen molar-refractivity contribution in [1.82, 2.24) is 19.7 Å². The average molecular weight is 453 g/mol. The van der Waals surface area contributed by atoms with Gasteiger partial charge in [0.1, 0.15) is 0 Å². The molecule has 2 aliphatic heterocycles. The molecule has 0 spiro atoms. The highest BCUT2D eigenvalue weighted by Crippen LogP contribution is 2.33. The molecule has 7 nitrogen and oxygen atoms in total. The van der Waals surface area contributed by atoms with Gasteiger partial charge in [-0.15, -0.1) is 0 Å². The highest BCUT2D eigenvalue weighted by atomic mass is 32.2. The van der Waals surface area contributed by atoms with Crippen LogP contribution in [-0.2, 0) is 9.84 Å². The predicted octanol–water partition coefficient (Wildman–Crippen LogP) is 3.64. The molecule has 0 bridgehead atoms. The smallest absolute Gasteiger partial charge is 0.254 e. The largest absolute Gasteiger partial charge is 0.338 e. The van der Waals surface area contributed by atoms with Gasteiger partial charge in [-0.3, -0.25) is 4.79 Å². The first-order valence-electron chi connectivity index (χ1n) is 11.3. The van der Waals surface area contributed by atoms with Crippen LogP contribution in [0.5, 0.6) is 0 Å². The normalized spacial score (nSPS) is 23.0. The number of nitrogens with zero attached hydrogens (tertiary/aromatic N) is 4. The maximum Gasteiger partial charge on any atom is 0.254 e. The number of hydrogen-bond acceptors (Lipinski definition) is 5. The van der Waals surface area contributed by atoms with Crippen molar-refractivity contribution in [2.45, 2.75) is 39.2 Å². The highest BCUT2D eigenvalue weighted by Gasteiger charge is 2.33. The Morgan fingerprint density at radius 3 is 2.62 bits per heavy atom. The van der Waals surface area contributed by atoms with E-state index in [0.29, 0.717) is 34.9 Å². The van der Waals surface area contributed by atoms with Crippen LogP contribution >= 0.6 is 0 Å². The Morgan fingerprint density at radius 1 is 1.16 bits per heavy atom. The van der Waals surface area contributed by atoms with Gasteiger partial charge in [0, 0.05) is 18.7 Å². The van der Waals surface area contributed by atoms with Gasteiger partial charge < -0.3 is 4.90 Å². The Kier molecular flexibility index (Phi) is 5.28. The molecule has 1 amide bonds. The number of carbonyl (C=O) groups excluding carboxylic acids is 1. The zero-order valence-electron chi connectivity index (χ0n) is 18.5. The van der Waals surface area contributed by atoms with E-state index in [9.17, 15) is 13.2 Å². The Balaban J connectivity index is 1.69. The van der Waals surface area contributed by atoms with E-state index in [1.54, 1.807) is 4.68 Å². The van der Waals surface area contributed by atoms with Gasteiger partial charge in [0.05, 0.1) is 39.9 Å². The van der Waals surface area contributed by atoms with E-state index in [0.717, 1.165) is 36.9 Å². The molecule has 3 aromatic rings. The van der Waals surface area contributed by atoms with Crippen molar-refractivity contribution < 1.29 is 13.2 Å². The molecule has 2 saturated heterocycles. The average Bonchev–Trinajstić information content (AvgIpc) is 3.32. The predicted molar refractivity (Wildman–Crippen MR) is 124 cm³/mol. The second-order valence-electron chi connectivity index (χ2n) is 9.21. The number of rotatable bonds is 3. The summed E-state index contributed by atoms with van der Waals surface area (Å²) in [6.07, 6.45) is 2.66. The first-order valence-corrected chi connectivity index (χ1v) is 13.1. The first-order chi connectivity index (χ1) is 15.3. The van der Waals surface area contributed by atoms with Crippen LogP contribution in [0.3, 0.4) is 0 Å². The Morgan fingerprint density at radius 2 is 1.94 bits per heavy atom. The van der Waals surface area contributed by atoms with Gasteiger partial charge >= 0.3 is 0 Å². The summed E-state index contributed by atoms with van der Waals surface area (Å²) in [4.78, 5) is 20.5. The lowest BCUT2D eigenvalue weighted by Crippen LogP contribution is -2.39. The lowest BCUT2D eigenvalue weighted by molar-refractivity contribution is 0.0685. The van der Waals surface area contributed by atoms with Crippen LogP contribution in [-0.4, -0.2) is 58.6 Å². The molecule has 2 aromatic heterocycles. The van der Waals surface area contributed by atoms with Crippen molar-refractivity contribution in [2.24, 2.45) is 5.92 Å². The fourth-order valence-electron chi connectivity index (χ4n) is 5.01. The number of aryl methyl sites for hydroxylation is 1. The minimum atomic E-state index is -3.08. The number of sulfone groups is 1. The molecular formula is C24H28N4O3S. The van der Waals surface area contributed by atoms with Gasteiger partial charge in [-0.05, 0) is 38.2 Å². The van der Waals surface area contributed by atoms with E-state index in [-0.39, 0.29) is 23.5 Å². The molecule has 0 saturated carbocycles. The number of pyridine rings is 1. The van der Waals surface area contributed by atoms with Gasteiger partial charge in [0.15, 0.2) is 15.5 Å². The molecule has 2 fully saturated rings. The van der Waals surface area contributed by atoms with Gasteiger partial charge in [-0.1, -0.05) is 37.3 Å². The molecule has 4 heterocycles. The summed E-state index contributed by atoms with van der Waals surface area (Å²) in [6, 6.07) is 11.4. The number of likely N-dealkylation sites (tertiary alicyclic amines) is 1. The molecule has 0 aliphatic carbocycles. The summed E-state index contributed by atoms with van der Waals surface area (Å²) >= 11 is 0. The number of hydrogen-bond donors (Lipinski definition) is 0. The Bertz CT molecular complexity index is 1280. The lowest BCUT2D eigenvalue weighted by Gasteiger charge is -2.31. The topological polar surface area (TPSA) is 85.2 Å². The second-order valence-corrected chi connectivity index (χ2v) is 11.4. The van der Waals surface area contributed by atoms with Crippen molar-refractivity contribution in [1.29, 1.82) is 0 Å². The number of aromatic nitrogens is 3. The highest BCUT2D eigenvalue weighted by molar-refractivity contribution is 7.91. The third kappa shape index (κ3) is 3.81. The summed E-state index contributed by atoms with van der Waals surface area (Å²) in [5.41, 5.74) is 3.53. The standard InChI is InChI=1S/C24H28N4O3S/c1-16-7-6-11-27(14-16)24(29)20-13-21(18-8-4-3-5-9-18)25-23-22(20)17(2)26-28(23)19-10-12-32(30,31)15-19/h3-5,8-9,13,16,19H,6-7,10-12,14-15H2,1-2H3/t16-,19+/m1/s1. The molecule has 0 N–H and O–H groups in total. The zero-order chi connectivity index (χ0) is 22.5. The number of fused-ring (bicyclic) bond motifs is 1. The number of carbonyl (C=O) groups is 1. The van der Waals surface area contributed by atoms with Crippen molar-refractivity contribution in [2.75, 3.05) is 24.6 Å². The van der Waals surface area contributed by atoms with E-state index >= 15 is 0 Å². The van der Waals surface area contributed by atoms with Crippen molar-refractivity contribution in [3.05, 3.63) is 47.7 Å². The fourth-order valence-corrected chi connectivity index (χ4v) is 6.70. The number of amides is 1. The summed E-state index contributed by atoms with van der Waals surface area (Å²) in [5, 5.41) is 5.43. The minimum absolute atomic E-state index is 0.00262. The van der Waals surface area contributed by atoms with E-state index in [4.69, 9.17) is 10.1 Å². The first kappa shape index (κ1) is 21.1. The van der Waals surface area contributed by atoms with Gasteiger partial charge in [-0.25, -0.2) is 18.1 Å². The maximum atomic E-state index is 13.7. The van der Waals surface area contributed by atoms with Crippen LogP contribution < -0.4 is 0 Å². The zero-order valence-corrected chi connectivity index (χ0v) is 19.3. The van der Waals surface area contributed by atoms with E-state index in [1.807, 2.05) is 48.2 Å². The van der Waals surface area contributed by atoms with Crippen LogP contribution in [0, 0.1) is 12.8 Å². The molecule has 8 heteroatoms. The molecule has 168 valence electrons. The Hall–Kier alpha value is -2.74. The van der Waals surface area contributed by atoms with Crippen LogP contribution in [0.2, 0.25) is 0 Å². The number of piperidine rings is 1. The molecule has 2 atom stereocenters. The minimum Gasteiger partial charge on any atom is -0.338 e. The monoisotopic (exact) mass is 452 g/mol. The quantitative estimate of drug-likeness (QED) is 0.606. The third-order valence-electron chi connectivity index (χ3n) is 6.64. The molecule has 2 aliphatic rings. The summed E-state index contributed by atoms with van der Waals surface area (Å²) in [6.45, 7) is 5.56. The molecule has 0 unspecified atom stereocenters. The van der Waals surface area contributed by atoms with Crippen molar-refractivity contribution >= 4 is 26.8 Å². The van der Waals surface area contributed by atoms with Gasteiger partial charge in [0.25, 0.3) is 5.91 Å². The van der Waals surface area contributed by atoms with Gasteiger partial charge in [-0.2, -0.15) is 5.10 Å². The molecule has 0 radical (unpaired) electrons. The summed E-state index contributed by atoms with van der Waals surface area (Å²) < 4.78 is 26.0. The number of benzene rings is 1. The van der Waals surface area contributed by atoms with Crippen LogP contribution in [0.1, 0.15) is 48.3 Å². The Labute approximate surface area is 188 Å². The fraction of sp³-hybridized carbons (Fsp3) is 0.458. The molecular weight excluding hydrogens is 424 g/mol. The summed E-state index contributed by atoms with van der Waals surface area (Å²) in [7, 11) is -3.08. The van der Waals surface area contributed by atoms with Crippen molar-refractivity contribution in [3.63, 3.8) is 0 Å². The third-order valence-corrected chi connectivity index (χ3v) is 8.39. The van der Waals surface area contributed by atoms with E-state index < -0.39 is 9.84 Å². The molecule has 5 rings (SSSR count). The molecule has 32 heavy (non-hydrogen) atoms. The SMILES string of the molecule is Cc1nn([C@H]2CCS(=O)(=O)C2)c2nc(-c3ccccc3)cc(C(=O)N3CCC[C@@H](C)C3)c12. The van der Waals surface area contributed by atoms with Crippen LogP contribution in [0.4, 0.5) is 0 Å². The van der Waals surface area contributed by atoms with E-state index in [2.05, 4.69) is 6.92 Å². The van der Waals surface area contributed by atoms with Crippen LogP contribution in [0.25, 0.3) is 22.3 Å². The van der Waals surface area contributed by atoms with Crippen molar-refractivity contribution in [3.8, 4) is 11.3 Å². The van der Waals surface area contributed by atoms with E-state index in [1.165, 1.54) is 0 Å².